The van der Waals surface area contributed by atoms with Crippen molar-refractivity contribution in [3.05, 3.63) is 114 Å². The van der Waals surface area contributed by atoms with Crippen LogP contribution in [0, 0.1) is 0 Å². The van der Waals surface area contributed by atoms with Crippen molar-refractivity contribution in [2.24, 2.45) is 0 Å². The lowest BCUT2D eigenvalue weighted by Crippen LogP contribution is -2.36. The molecule has 6 aromatic heterocycles. The van der Waals surface area contributed by atoms with Crippen LogP contribution in [-0.4, -0.2) is 133 Å². The van der Waals surface area contributed by atoms with Crippen LogP contribution in [0.3, 0.4) is 0 Å². The zero-order chi connectivity index (χ0) is 42.4. The van der Waals surface area contributed by atoms with Crippen molar-refractivity contribution in [1.82, 2.24) is 34.7 Å². The second kappa shape index (κ2) is 21.4. The van der Waals surface area contributed by atoms with Gasteiger partial charge in [0.25, 0.3) is 10.1 Å². The van der Waals surface area contributed by atoms with E-state index in [1.807, 2.05) is 65.9 Å². The van der Waals surface area contributed by atoms with Crippen molar-refractivity contribution in [2.45, 2.75) is 19.8 Å². The summed E-state index contributed by atoms with van der Waals surface area (Å²) >= 11 is 6.00. The van der Waals surface area contributed by atoms with Gasteiger partial charge < -0.3 is 34.0 Å². The van der Waals surface area contributed by atoms with Crippen LogP contribution in [0.25, 0.3) is 22.2 Å². The van der Waals surface area contributed by atoms with Gasteiger partial charge in [-0.1, -0.05) is 29.8 Å². The summed E-state index contributed by atoms with van der Waals surface area (Å²) < 4.78 is 44.2. The lowest BCUT2D eigenvalue weighted by Gasteiger charge is -2.27. The number of rotatable bonds is 10. The molecule has 17 nitrogen and oxygen atoms in total. The van der Waals surface area contributed by atoms with Gasteiger partial charge in [0.05, 0.1) is 82.9 Å². The monoisotopic (exact) mass is 872 g/mol. The lowest BCUT2D eigenvalue weighted by atomic mass is 10.1. The van der Waals surface area contributed by atoms with Gasteiger partial charge in [-0.25, -0.2) is 19.9 Å². The third kappa shape index (κ3) is 13.1. The number of aromatic nitrogens is 7. The maximum atomic E-state index is 10.9. The number of halogens is 1. The van der Waals surface area contributed by atoms with Crippen molar-refractivity contribution in [3.63, 3.8) is 0 Å². The van der Waals surface area contributed by atoms with E-state index in [9.17, 15) is 8.42 Å². The highest BCUT2D eigenvalue weighted by Crippen LogP contribution is 2.23. The minimum atomic E-state index is -3.41. The number of pyridine rings is 5. The maximum Gasteiger partial charge on any atom is 0.264 e. The second-order valence-corrected chi connectivity index (χ2v) is 16.4. The van der Waals surface area contributed by atoms with E-state index in [1.165, 1.54) is 0 Å². The molecule has 3 aliphatic heterocycles. The van der Waals surface area contributed by atoms with E-state index in [1.54, 1.807) is 18.5 Å². The summed E-state index contributed by atoms with van der Waals surface area (Å²) in [5, 5.41) is 13.8. The maximum absolute atomic E-state index is 10.9. The molecule has 322 valence electrons. The summed E-state index contributed by atoms with van der Waals surface area (Å²) in [6.07, 6.45) is 12.0. The highest BCUT2D eigenvalue weighted by Gasteiger charge is 2.15. The number of hydrogen-bond donors (Lipinski definition) is 1. The molecule has 0 aliphatic carbocycles. The molecule has 0 unspecified atom stereocenters. The molecule has 1 N–H and O–H groups in total. The Kier molecular flexibility index (Phi) is 15.4. The number of anilines is 3. The Morgan fingerprint density at radius 1 is 0.639 bits per heavy atom. The van der Waals surface area contributed by atoms with Crippen molar-refractivity contribution in [2.75, 3.05) is 99.9 Å². The van der Waals surface area contributed by atoms with E-state index in [0.717, 1.165) is 128 Å². The molecule has 3 fully saturated rings. The Hall–Kier alpha value is -5.34. The molecule has 61 heavy (non-hydrogen) atoms. The molecule has 0 spiro atoms. The third-order valence-corrected chi connectivity index (χ3v) is 10.6. The van der Waals surface area contributed by atoms with Crippen LogP contribution in [0.2, 0.25) is 5.15 Å². The highest BCUT2D eigenvalue weighted by molar-refractivity contribution is 7.85. The predicted octanol–water partition coefficient (Wildman–Crippen LogP) is 4.23. The predicted molar refractivity (Wildman–Crippen MR) is 232 cm³/mol. The number of nitrogens with zero attached hydrogens (tertiary/aromatic N) is 10. The van der Waals surface area contributed by atoms with Gasteiger partial charge in [-0.05, 0) is 53.1 Å². The Morgan fingerprint density at radius 2 is 1.16 bits per heavy atom. The van der Waals surface area contributed by atoms with E-state index < -0.39 is 10.1 Å². The van der Waals surface area contributed by atoms with E-state index >= 15 is 0 Å². The molecule has 9 rings (SSSR count). The molecular weight excluding hydrogens is 824 g/mol. The molecule has 9 heterocycles. The second-order valence-electron chi connectivity index (χ2n) is 14.3. The fourth-order valence-electron chi connectivity index (χ4n) is 6.56. The van der Waals surface area contributed by atoms with Crippen LogP contribution in [-0.2, 0) is 48.3 Å². The first-order valence-electron chi connectivity index (χ1n) is 19.9. The number of aliphatic hydroxyl groups excluding tert-OH is 1. The van der Waals surface area contributed by atoms with Crippen LogP contribution < -0.4 is 14.7 Å². The minimum absolute atomic E-state index is 0.0230. The molecule has 0 saturated carbocycles. The van der Waals surface area contributed by atoms with E-state index in [-0.39, 0.29) is 13.2 Å². The summed E-state index contributed by atoms with van der Waals surface area (Å²) in [5.41, 5.74) is 6.21. The first-order valence-corrected chi connectivity index (χ1v) is 22.1. The Labute approximate surface area is 360 Å². The van der Waals surface area contributed by atoms with E-state index in [2.05, 4.69) is 56.9 Å². The van der Waals surface area contributed by atoms with Gasteiger partial charge in [-0.3, -0.25) is 13.8 Å². The molecule has 0 radical (unpaired) electrons. The van der Waals surface area contributed by atoms with Crippen molar-refractivity contribution >= 4 is 50.2 Å². The van der Waals surface area contributed by atoms with E-state index in [0.29, 0.717) is 24.9 Å². The molecule has 3 saturated heterocycles. The smallest absolute Gasteiger partial charge is 0.264 e. The lowest BCUT2D eigenvalue weighted by molar-refractivity contribution is 0.122. The van der Waals surface area contributed by atoms with Crippen LogP contribution >= 0.6 is 11.6 Å². The molecular formula is C42H49ClN10O7S. The van der Waals surface area contributed by atoms with Crippen LogP contribution in [0.5, 0.6) is 0 Å². The van der Waals surface area contributed by atoms with Gasteiger partial charge >= 0.3 is 0 Å². The molecule has 0 bridgehead atoms. The zero-order valence-electron chi connectivity index (χ0n) is 33.9. The summed E-state index contributed by atoms with van der Waals surface area (Å²) in [6, 6.07) is 17.3. The Balaban J connectivity index is 0.000000150. The fraction of sp³-hybridized carbons (Fsp3) is 0.381. The summed E-state index contributed by atoms with van der Waals surface area (Å²) in [7, 11) is -3.41. The van der Waals surface area contributed by atoms with E-state index in [4.69, 9.17) is 35.1 Å². The average Bonchev–Trinajstić information content (AvgIpc) is 3.78. The summed E-state index contributed by atoms with van der Waals surface area (Å²) in [6.45, 7) is 10.4. The van der Waals surface area contributed by atoms with Gasteiger partial charge in [0.2, 0.25) is 0 Å². The molecule has 19 heteroatoms. The number of ether oxygens (including phenoxy) is 3. The van der Waals surface area contributed by atoms with Gasteiger partial charge in [0.1, 0.15) is 22.6 Å². The Bertz CT molecular complexity index is 2390. The summed E-state index contributed by atoms with van der Waals surface area (Å²) in [5.74, 6) is 2.83. The fourth-order valence-corrected chi connectivity index (χ4v) is 7.07. The van der Waals surface area contributed by atoms with Gasteiger partial charge in [0.15, 0.2) is 0 Å². The van der Waals surface area contributed by atoms with Crippen molar-refractivity contribution in [3.8, 4) is 11.1 Å². The van der Waals surface area contributed by atoms with Crippen molar-refractivity contribution < 1.29 is 31.9 Å². The number of hydrogen-bond acceptors (Lipinski definition) is 16. The topological polar surface area (TPSA) is 183 Å². The number of aliphatic hydroxyl groups is 1. The zero-order valence-corrected chi connectivity index (χ0v) is 35.5. The largest absolute Gasteiger partial charge is 0.392 e. The molecule has 3 aliphatic rings. The van der Waals surface area contributed by atoms with Crippen LogP contribution in [0.1, 0.15) is 16.7 Å². The number of morpholine rings is 3. The highest BCUT2D eigenvalue weighted by atomic mass is 35.5. The average molecular weight is 873 g/mol. The standard InChI is InChI=1S/C21H19ClN6O.C11H16N2O4S.C10H14N2O2/c22-20-3-2-18-19(26-20)9-16(11-23-18)17-12-25-28(14-17)13-15-1-4-21(24-10-15)27-5-7-29-8-6-27;1-18(14,15)17-9-10-2-3-11(12-8-10)13-4-6-16-7-5-13;13-8-9-1-2-10(11-7-9)12-3-5-14-6-4-12/h1-4,9-12,14H,5-8,13H2;2-3,8H,4-7,9H2,1H3;1-2,7,13H,3-6,8H2. The number of fused-ring (bicyclic) bond motifs is 1. The Morgan fingerprint density at radius 3 is 1.66 bits per heavy atom. The molecule has 6 aromatic rings. The van der Waals surface area contributed by atoms with Crippen molar-refractivity contribution in [1.29, 1.82) is 0 Å². The third-order valence-electron chi connectivity index (χ3n) is 9.87. The van der Waals surface area contributed by atoms with Gasteiger partial charge in [-0.15, -0.1) is 0 Å². The molecule has 0 amide bonds. The minimum Gasteiger partial charge on any atom is -0.392 e. The van der Waals surface area contributed by atoms with Crippen LogP contribution in [0.4, 0.5) is 17.5 Å². The summed E-state index contributed by atoms with van der Waals surface area (Å²) in [4.78, 5) is 28.5. The quantitative estimate of drug-likeness (QED) is 0.152. The molecule has 0 atom stereocenters. The molecule has 0 aromatic carbocycles. The van der Waals surface area contributed by atoms with Crippen LogP contribution in [0.15, 0.2) is 91.8 Å². The van der Waals surface area contributed by atoms with Gasteiger partial charge in [0, 0.05) is 81.4 Å². The first kappa shape index (κ1) is 43.7. The SMILES string of the molecule is CS(=O)(=O)OCc1ccc(N2CCOCC2)nc1.Clc1ccc2ncc(-c3cnn(Cc4ccc(N5CCOCC5)nc4)c3)cc2n1.OCc1ccc(N2CCOCC2)nc1. The van der Waals surface area contributed by atoms with Gasteiger partial charge in [-0.2, -0.15) is 13.5 Å². The normalized spacial score (nSPS) is 15.8. The first-order chi connectivity index (χ1) is 29.7.